The fourth-order valence-electron chi connectivity index (χ4n) is 0.866. The average Bonchev–Trinajstić information content (AvgIpc) is 2.03. The SMILES string of the molecule is O=C(O)CCCC(=O)CC(O)CO. The predicted molar refractivity (Wildman–Crippen MR) is 44.2 cm³/mol. The lowest BCUT2D eigenvalue weighted by Gasteiger charge is -2.04. The molecule has 0 aromatic rings. The van der Waals surface area contributed by atoms with Crippen molar-refractivity contribution >= 4 is 11.8 Å². The second-order valence-corrected chi connectivity index (χ2v) is 2.83. The van der Waals surface area contributed by atoms with E-state index >= 15 is 0 Å². The molecule has 5 nitrogen and oxygen atoms in total. The zero-order valence-corrected chi connectivity index (χ0v) is 7.27. The van der Waals surface area contributed by atoms with Crippen LogP contribution in [0.25, 0.3) is 0 Å². The van der Waals surface area contributed by atoms with E-state index in [1.165, 1.54) is 0 Å². The van der Waals surface area contributed by atoms with Crippen LogP contribution in [0, 0.1) is 0 Å². The van der Waals surface area contributed by atoms with Gasteiger partial charge >= 0.3 is 5.97 Å². The molecular formula is C8H14O5. The summed E-state index contributed by atoms with van der Waals surface area (Å²) in [6.07, 6.45) is -0.732. The van der Waals surface area contributed by atoms with Crippen LogP contribution in [0.4, 0.5) is 0 Å². The van der Waals surface area contributed by atoms with Gasteiger partial charge in [-0.25, -0.2) is 0 Å². The summed E-state index contributed by atoms with van der Waals surface area (Å²) in [5, 5.41) is 25.5. The van der Waals surface area contributed by atoms with E-state index in [4.69, 9.17) is 15.3 Å². The van der Waals surface area contributed by atoms with Gasteiger partial charge in [-0.1, -0.05) is 0 Å². The van der Waals surface area contributed by atoms with Gasteiger partial charge in [0.05, 0.1) is 12.7 Å². The Balaban J connectivity index is 3.46. The number of carbonyl (C=O) groups is 2. The van der Waals surface area contributed by atoms with Crippen LogP contribution in [-0.2, 0) is 9.59 Å². The Morgan fingerprint density at radius 3 is 2.31 bits per heavy atom. The van der Waals surface area contributed by atoms with E-state index in [1.807, 2.05) is 0 Å². The first kappa shape index (κ1) is 12.1. The van der Waals surface area contributed by atoms with Crippen molar-refractivity contribution in [2.75, 3.05) is 6.61 Å². The standard InChI is InChI=1S/C8H14O5/c9-5-7(11)4-6(10)2-1-3-8(12)13/h7,9,11H,1-5H2,(H,12,13). The lowest BCUT2D eigenvalue weighted by molar-refractivity contribution is -0.137. The maximum atomic E-state index is 10.9. The molecule has 1 atom stereocenters. The monoisotopic (exact) mass is 190 g/mol. The topological polar surface area (TPSA) is 94.8 Å². The number of aliphatic hydroxyl groups is 2. The number of aliphatic hydroxyl groups excluding tert-OH is 2. The van der Waals surface area contributed by atoms with Gasteiger partial charge in [-0.3, -0.25) is 9.59 Å². The summed E-state index contributed by atoms with van der Waals surface area (Å²) >= 11 is 0. The average molecular weight is 190 g/mol. The predicted octanol–water partition coefficient (Wildman–Crippen LogP) is -0.446. The molecule has 13 heavy (non-hydrogen) atoms. The molecule has 76 valence electrons. The van der Waals surface area contributed by atoms with Crippen molar-refractivity contribution in [3.05, 3.63) is 0 Å². The minimum atomic E-state index is -1.02. The van der Waals surface area contributed by atoms with Gasteiger partial charge in [0.25, 0.3) is 0 Å². The Labute approximate surface area is 76.0 Å². The van der Waals surface area contributed by atoms with E-state index in [9.17, 15) is 9.59 Å². The number of ketones is 1. The maximum absolute atomic E-state index is 10.9. The van der Waals surface area contributed by atoms with Crippen LogP contribution in [0.2, 0.25) is 0 Å². The highest BCUT2D eigenvalue weighted by Gasteiger charge is 2.09. The molecule has 0 amide bonds. The van der Waals surface area contributed by atoms with Gasteiger partial charge < -0.3 is 15.3 Å². The molecule has 0 aliphatic heterocycles. The van der Waals surface area contributed by atoms with Crippen molar-refractivity contribution in [1.29, 1.82) is 0 Å². The highest BCUT2D eigenvalue weighted by atomic mass is 16.4. The maximum Gasteiger partial charge on any atom is 0.303 e. The number of carboxylic acids is 1. The van der Waals surface area contributed by atoms with Gasteiger partial charge in [0, 0.05) is 19.3 Å². The summed E-state index contributed by atoms with van der Waals surface area (Å²) in [5.41, 5.74) is 0. The molecule has 0 radical (unpaired) electrons. The van der Waals surface area contributed by atoms with E-state index in [-0.39, 0.29) is 31.5 Å². The van der Waals surface area contributed by atoms with Crippen molar-refractivity contribution < 1.29 is 24.9 Å². The fourth-order valence-corrected chi connectivity index (χ4v) is 0.866. The Kier molecular flexibility index (Phi) is 6.09. The van der Waals surface area contributed by atoms with E-state index < -0.39 is 18.7 Å². The Hall–Kier alpha value is -0.940. The number of carboxylic acid groups (broad SMARTS) is 1. The Morgan fingerprint density at radius 1 is 1.23 bits per heavy atom. The van der Waals surface area contributed by atoms with Crippen LogP contribution in [0.1, 0.15) is 25.7 Å². The van der Waals surface area contributed by atoms with Crippen molar-refractivity contribution in [2.45, 2.75) is 31.8 Å². The van der Waals surface area contributed by atoms with Gasteiger partial charge in [-0.05, 0) is 6.42 Å². The summed E-state index contributed by atoms with van der Waals surface area (Å²) in [6.45, 7) is -0.440. The summed E-state index contributed by atoms with van der Waals surface area (Å²) in [5.74, 6) is -1.15. The van der Waals surface area contributed by atoms with Crippen LogP contribution in [0.15, 0.2) is 0 Å². The van der Waals surface area contributed by atoms with Crippen molar-refractivity contribution in [2.24, 2.45) is 0 Å². The normalized spacial score (nSPS) is 12.5. The number of hydrogen-bond acceptors (Lipinski definition) is 4. The first-order valence-electron chi connectivity index (χ1n) is 4.08. The molecule has 0 aromatic carbocycles. The zero-order valence-electron chi connectivity index (χ0n) is 7.27. The molecule has 0 saturated carbocycles. The van der Waals surface area contributed by atoms with Crippen molar-refractivity contribution in [3.63, 3.8) is 0 Å². The molecule has 0 rings (SSSR count). The van der Waals surface area contributed by atoms with Crippen LogP contribution < -0.4 is 0 Å². The van der Waals surface area contributed by atoms with E-state index in [0.717, 1.165) is 0 Å². The molecule has 0 bridgehead atoms. The lowest BCUT2D eigenvalue weighted by Crippen LogP contribution is -2.17. The van der Waals surface area contributed by atoms with Crippen LogP contribution in [-0.4, -0.2) is 39.8 Å². The molecule has 0 aromatic heterocycles. The van der Waals surface area contributed by atoms with Gasteiger partial charge in [-0.15, -0.1) is 0 Å². The molecule has 5 heteroatoms. The Morgan fingerprint density at radius 2 is 1.85 bits per heavy atom. The summed E-state index contributed by atoms with van der Waals surface area (Å²) in [7, 11) is 0. The van der Waals surface area contributed by atoms with Crippen LogP contribution >= 0.6 is 0 Å². The van der Waals surface area contributed by atoms with Gasteiger partial charge in [-0.2, -0.15) is 0 Å². The molecule has 0 spiro atoms. The number of Topliss-reactive ketones (excluding diaryl/α,β-unsaturated/α-hetero) is 1. The first-order valence-corrected chi connectivity index (χ1v) is 4.08. The molecule has 0 saturated heterocycles. The van der Waals surface area contributed by atoms with Crippen LogP contribution in [0.5, 0.6) is 0 Å². The minimum Gasteiger partial charge on any atom is -0.481 e. The molecular weight excluding hydrogens is 176 g/mol. The molecule has 0 aliphatic rings. The van der Waals surface area contributed by atoms with Gasteiger partial charge in [0.1, 0.15) is 5.78 Å². The van der Waals surface area contributed by atoms with Gasteiger partial charge in [0.15, 0.2) is 0 Å². The molecule has 1 unspecified atom stereocenters. The molecule has 3 N–H and O–H groups in total. The zero-order chi connectivity index (χ0) is 10.3. The minimum absolute atomic E-state index is 0.0407. The summed E-state index contributed by atoms with van der Waals surface area (Å²) in [4.78, 5) is 21.0. The van der Waals surface area contributed by atoms with Crippen molar-refractivity contribution in [3.8, 4) is 0 Å². The fraction of sp³-hybridized carbons (Fsp3) is 0.750. The largest absolute Gasteiger partial charge is 0.481 e. The molecule has 0 aliphatic carbocycles. The smallest absolute Gasteiger partial charge is 0.303 e. The molecule has 0 fully saturated rings. The number of hydrogen-bond donors (Lipinski definition) is 3. The van der Waals surface area contributed by atoms with Gasteiger partial charge in [0.2, 0.25) is 0 Å². The second-order valence-electron chi connectivity index (χ2n) is 2.83. The third kappa shape index (κ3) is 7.42. The van der Waals surface area contributed by atoms with E-state index in [1.54, 1.807) is 0 Å². The summed E-state index contributed by atoms with van der Waals surface area (Å²) < 4.78 is 0. The van der Waals surface area contributed by atoms with Crippen LogP contribution in [0.3, 0.4) is 0 Å². The third-order valence-electron chi connectivity index (χ3n) is 1.52. The van der Waals surface area contributed by atoms with Crippen molar-refractivity contribution in [1.82, 2.24) is 0 Å². The summed E-state index contributed by atoms with van der Waals surface area (Å²) in [6, 6.07) is 0. The Bertz CT molecular complexity index is 177. The number of carbonyl (C=O) groups excluding carboxylic acids is 1. The quantitative estimate of drug-likeness (QED) is 0.505. The third-order valence-corrected chi connectivity index (χ3v) is 1.52. The highest BCUT2D eigenvalue weighted by Crippen LogP contribution is 2.01. The first-order chi connectivity index (χ1) is 6.06. The number of aliphatic carboxylic acids is 1. The van der Waals surface area contributed by atoms with E-state index in [0.29, 0.717) is 0 Å². The number of rotatable bonds is 7. The molecule has 0 heterocycles. The lowest BCUT2D eigenvalue weighted by atomic mass is 10.1. The highest BCUT2D eigenvalue weighted by molar-refractivity contribution is 5.79. The van der Waals surface area contributed by atoms with E-state index in [2.05, 4.69) is 0 Å². The second kappa shape index (κ2) is 6.56.